The molecule has 0 aliphatic heterocycles. The molecule has 0 fully saturated rings. The zero-order valence-electron chi connectivity index (χ0n) is 9.03. The quantitative estimate of drug-likeness (QED) is 0.582. The van der Waals surface area contributed by atoms with E-state index in [1.165, 1.54) is 19.4 Å². The lowest BCUT2D eigenvalue weighted by Crippen LogP contribution is -2.34. The van der Waals surface area contributed by atoms with E-state index < -0.39 is 17.3 Å². The van der Waals surface area contributed by atoms with Crippen molar-refractivity contribution in [2.75, 3.05) is 13.7 Å². The number of alkyl halides is 1. The third kappa shape index (κ3) is 3.92. The zero-order valence-corrected chi connectivity index (χ0v) is 9.78. The van der Waals surface area contributed by atoms with Gasteiger partial charge in [0.2, 0.25) is 5.56 Å². The number of methoxy groups -OCH3 is 1. The number of hydrogen-bond donors (Lipinski definition) is 2. The van der Waals surface area contributed by atoms with Gasteiger partial charge in [-0.15, -0.1) is 11.6 Å². The minimum Gasteiger partial charge on any atom is -0.468 e. The molecule has 0 aliphatic carbocycles. The Kier molecular flexibility index (Phi) is 4.71. The zero-order chi connectivity index (χ0) is 12.8. The average molecular weight is 259 g/mol. The van der Waals surface area contributed by atoms with Gasteiger partial charge in [-0.2, -0.15) is 0 Å². The fourth-order valence-corrected chi connectivity index (χ4v) is 1.25. The largest absolute Gasteiger partial charge is 0.468 e. The summed E-state index contributed by atoms with van der Waals surface area (Å²) in [4.78, 5) is 35.8. The molecule has 1 unspecified atom stereocenters. The number of carbonyl (C=O) groups excluding carboxylic acids is 2. The predicted molar refractivity (Wildman–Crippen MR) is 61.1 cm³/mol. The van der Waals surface area contributed by atoms with Crippen molar-refractivity contribution in [1.82, 2.24) is 10.3 Å². The van der Waals surface area contributed by atoms with Gasteiger partial charge in [-0.25, -0.2) is 0 Å². The first-order valence-corrected chi connectivity index (χ1v) is 5.17. The van der Waals surface area contributed by atoms with Gasteiger partial charge in [0, 0.05) is 24.4 Å². The predicted octanol–water partition coefficient (Wildman–Crippen LogP) is -0.115. The van der Waals surface area contributed by atoms with E-state index in [0.717, 1.165) is 6.07 Å². The Morgan fingerprint density at radius 2 is 2.29 bits per heavy atom. The molecule has 92 valence electrons. The summed E-state index contributed by atoms with van der Waals surface area (Å²) >= 11 is 5.64. The molecule has 0 saturated carbocycles. The normalized spacial score (nSPS) is 11.6. The van der Waals surface area contributed by atoms with Gasteiger partial charge in [0.25, 0.3) is 5.91 Å². The molecular formula is C10H11ClN2O4. The molecule has 2 N–H and O–H groups in total. The van der Waals surface area contributed by atoms with Gasteiger partial charge in [-0.1, -0.05) is 0 Å². The lowest BCUT2D eigenvalue weighted by atomic mass is 10.2. The lowest BCUT2D eigenvalue weighted by molar-refractivity contribution is -0.140. The van der Waals surface area contributed by atoms with Crippen LogP contribution in [0, 0.1) is 0 Å². The molecule has 1 aromatic heterocycles. The van der Waals surface area contributed by atoms with E-state index in [4.69, 9.17) is 11.6 Å². The van der Waals surface area contributed by atoms with Crippen LogP contribution >= 0.6 is 11.6 Å². The van der Waals surface area contributed by atoms with E-state index in [0.29, 0.717) is 0 Å². The number of hydrogen-bond acceptors (Lipinski definition) is 4. The molecule has 7 heteroatoms. The van der Waals surface area contributed by atoms with Crippen LogP contribution in [0.2, 0.25) is 0 Å². The molecule has 1 atom stereocenters. The highest BCUT2D eigenvalue weighted by atomic mass is 35.5. The number of rotatable bonds is 4. The Morgan fingerprint density at radius 1 is 1.59 bits per heavy atom. The van der Waals surface area contributed by atoms with Crippen molar-refractivity contribution >= 4 is 23.5 Å². The second-order valence-electron chi connectivity index (χ2n) is 3.14. The minimum atomic E-state index is -0.953. The van der Waals surface area contributed by atoms with Crippen molar-refractivity contribution < 1.29 is 14.3 Å². The Morgan fingerprint density at radius 3 is 2.88 bits per heavy atom. The van der Waals surface area contributed by atoms with Crippen molar-refractivity contribution in [3.63, 3.8) is 0 Å². The smallest absolute Gasteiger partial charge is 0.325 e. The number of pyridine rings is 1. The van der Waals surface area contributed by atoms with Crippen molar-refractivity contribution in [2.24, 2.45) is 0 Å². The molecule has 17 heavy (non-hydrogen) atoms. The van der Waals surface area contributed by atoms with Crippen molar-refractivity contribution in [2.45, 2.75) is 5.38 Å². The van der Waals surface area contributed by atoms with Gasteiger partial charge < -0.3 is 15.0 Å². The van der Waals surface area contributed by atoms with Crippen LogP contribution in [0.5, 0.6) is 0 Å². The molecule has 0 aliphatic rings. The van der Waals surface area contributed by atoms with E-state index in [2.05, 4.69) is 15.0 Å². The third-order valence-electron chi connectivity index (χ3n) is 1.94. The summed E-state index contributed by atoms with van der Waals surface area (Å²) < 4.78 is 4.39. The summed E-state index contributed by atoms with van der Waals surface area (Å²) in [6, 6.07) is 2.59. The van der Waals surface area contributed by atoms with Gasteiger partial charge in [0.15, 0.2) is 0 Å². The fraction of sp³-hybridized carbons (Fsp3) is 0.300. The molecule has 0 bridgehead atoms. The van der Waals surface area contributed by atoms with E-state index in [9.17, 15) is 14.4 Å². The number of carbonyl (C=O) groups is 2. The second kappa shape index (κ2) is 6.05. The van der Waals surface area contributed by atoms with E-state index in [1.807, 2.05) is 0 Å². The number of halogens is 1. The summed E-state index contributed by atoms with van der Waals surface area (Å²) in [5.41, 5.74) is -0.185. The van der Waals surface area contributed by atoms with E-state index in [1.54, 1.807) is 0 Å². The summed E-state index contributed by atoms with van der Waals surface area (Å²) in [7, 11) is 1.20. The van der Waals surface area contributed by atoms with Gasteiger partial charge in [0.1, 0.15) is 5.38 Å². The summed E-state index contributed by atoms with van der Waals surface area (Å²) in [6.07, 6.45) is 1.36. The highest BCUT2D eigenvalue weighted by Crippen LogP contribution is 1.98. The maximum Gasteiger partial charge on any atom is 0.325 e. The maximum atomic E-state index is 11.5. The molecule has 1 rings (SSSR count). The molecular weight excluding hydrogens is 248 g/mol. The summed E-state index contributed by atoms with van der Waals surface area (Å²) in [6.45, 7) is -0.0696. The maximum absolute atomic E-state index is 11.5. The standard InChI is InChI=1S/C10H11ClN2O4/c1-17-10(16)7(11)5-13-9(15)6-2-3-12-8(14)4-6/h2-4,7H,5H2,1H3,(H,12,14)(H,13,15). The Labute approximate surface area is 102 Å². The first kappa shape index (κ1) is 13.2. The Balaban J connectivity index is 2.56. The van der Waals surface area contributed by atoms with Crippen LogP contribution in [-0.2, 0) is 9.53 Å². The average Bonchev–Trinajstić information content (AvgIpc) is 2.34. The Bertz CT molecular complexity index is 471. The van der Waals surface area contributed by atoms with Crippen LogP contribution in [0.15, 0.2) is 23.1 Å². The Hall–Kier alpha value is -1.82. The number of ether oxygens (including phenoxy) is 1. The molecule has 1 aromatic rings. The second-order valence-corrected chi connectivity index (χ2v) is 3.67. The first-order valence-electron chi connectivity index (χ1n) is 4.73. The third-order valence-corrected chi connectivity index (χ3v) is 2.27. The van der Waals surface area contributed by atoms with Crippen molar-refractivity contribution in [1.29, 1.82) is 0 Å². The highest BCUT2D eigenvalue weighted by Gasteiger charge is 2.17. The topological polar surface area (TPSA) is 88.3 Å². The molecule has 1 heterocycles. The minimum absolute atomic E-state index is 0.0696. The number of nitrogens with one attached hydrogen (secondary N) is 2. The molecule has 0 saturated heterocycles. The van der Waals surface area contributed by atoms with Gasteiger partial charge in [-0.05, 0) is 6.07 Å². The van der Waals surface area contributed by atoms with Crippen LogP contribution in [0.1, 0.15) is 10.4 Å². The van der Waals surface area contributed by atoms with Crippen molar-refractivity contribution in [3.8, 4) is 0 Å². The molecule has 6 nitrogen and oxygen atoms in total. The molecule has 0 radical (unpaired) electrons. The monoisotopic (exact) mass is 258 g/mol. The van der Waals surface area contributed by atoms with E-state index in [-0.39, 0.29) is 17.7 Å². The summed E-state index contributed by atoms with van der Waals surface area (Å²) in [5, 5.41) is 1.46. The van der Waals surface area contributed by atoms with Crippen LogP contribution in [-0.4, -0.2) is 35.9 Å². The van der Waals surface area contributed by atoms with Crippen LogP contribution in [0.25, 0.3) is 0 Å². The first-order chi connectivity index (χ1) is 8.04. The lowest BCUT2D eigenvalue weighted by Gasteiger charge is -2.08. The highest BCUT2D eigenvalue weighted by molar-refractivity contribution is 6.30. The number of aromatic nitrogens is 1. The molecule has 1 amide bonds. The van der Waals surface area contributed by atoms with Crippen molar-refractivity contribution in [3.05, 3.63) is 34.2 Å². The molecule has 0 aromatic carbocycles. The number of amides is 1. The van der Waals surface area contributed by atoms with Gasteiger partial charge >= 0.3 is 5.97 Å². The molecule has 0 spiro atoms. The van der Waals surface area contributed by atoms with Gasteiger partial charge in [0.05, 0.1) is 7.11 Å². The van der Waals surface area contributed by atoms with Crippen LogP contribution in [0.4, 0.5) is 0 Å². The van der Waals surface area contributed by atoms with E-state index >= 15 is 0 Å². The summed E-state index contributed by atoms with van der Waals surface area (Å²) in [5.74, 6) is -1.11. The SMILES string of the molecule is COC(=O)C(Cl)CNC(=O)c1cc[nH]c(=O)c1. The van der Waals surface area contributed by atoms with Gasteiger partial charge in [-0.3, -0.25) is 14.4 Å². The van der Waals surface area contributed by atoms with Crippen LogP contribution in [0.3, 0.4) is 0 Å². The van der Waals surface area contributed by atoms with Crippen LogP contribution < -0.4 is 10.9 Å². The number of aromatic amines is 1. The fourth-order valence-electron chi connectivity index (χ4n) is 1.08. The number of esters is 1. The number of H-pyrrole nitrogens is 1.